The van der Waals surface area contributed by atoms with E-state index in [9.17, 15) is 5.11 Å². The average molecular weight is 264 g/mol. The molecule has 0 fully saturated rings. The van der Waals surface area contributed by atoms with Crippen molar-refractivity contribution in [3.63, 3.8) is 0 Å². The van der Waals surface area contributed by atoms with E-state index in [1.807, 2.05) is 0 Å². The predicted octanol–water partition coefficient (Wildman–Crippen LogP) is 2.70. The molecule has 0 heterocycles. The van der Waals surface area contributed by atoms with E-state index in [4.69, 9.17) is 0 Å². The highest BCUT2D eigenvalue weighted by molar-refractivity contribution is 5.54. The third-order valence-corrected chi connectivity index (χ3v) is 3.33. The van der Waals surface area contributed by atoms with Crippen molar-refractivity contribution in [2.75, 3.05) is 31.1 Å². The number of aryl methyl sites for hydroxylation is 1. The summed E-state index contributed by atoms with van der Waals surface area (Å²) in [5.74, 6) is 0. The molecule has 3 nitrogen and oxygen atoms in total. The minimum Gasteiger partial charge on any atom is -0.395 e. The number of benzene rings is 1. The molecule has 0 atom stereocenters. The zero-order chi connectivity index (χ0) is 14.1. The van der Waals surface area contributed by atoms with E-state index >= 15 is 0 Å². The molecule has 19 heavy (non-hydrogen) atoms. The van der Waals surface area contributed by atoms with Crippen LogP contribution >= 0.6 is 0 Å². The van der Waals surface area contributed by atoms with Crippen LogP contribution in [0.3, 0.4) is 0 Å². The van der Waals surface area contributed by atoms with E-state index in [2.05, 4.69) is 49.2 Å². The smallest absolute Gasteiger partial charge is 0.0606 e. The van der Waals surface area contributed by atoms with Crippen LogP contribution in [0.15, 0.2) is 18.2 Å². The van der Waals surface area contributed by atoms with Crippen LogP contribution < -0.4 is 10.2 Å². The molecule has 0 aliphatic heterocycles. The second-order valence-electron chi connectivity index (χ2n) is 4.97. The van der Waals surface area contributed by atoms with Gasteiger partial charge in [-0.1, -0.05) is 32.4 Å². The molecule has 0 aliphatic rings. The van der Waals surface area contributed by atoms with Crippen molar-refractivity contribution in [3.8, 4) is 0 Å². The highest BCUT2D eigenvalue weighted by Crippen LogP contribution is 2.21. The van der Waals surface area contributed by atoms with E-state index in [1.165, 1.54) is 29.7 Å². The minimum atomic E-state index is 0.211. The number of aliphatic hydroxyl groups is 1. The van der Waals surface area contributed by atoms with E-state index < -0.39 is 0 Å². The maximum Gasteiger partial charge on any atom is 0.0606 e. The second-order valence-corrected chi connectivity index (χ2v) is 4.97. The van der Waals surface area contributed by atoms with Crippen LogP contribution in [-0.4, -0.2) is 31.3 Å². The van der Waals surface area contributed by atoms with Crippen molar-refractivity contribution >= 4 is 5.69 Å². The maximum atomic E-state index is 9.21. The van der Waals surface area contributed by atoms with Gasteiger partial charge < -0.3 is 15.3 Å². The topological polar surface area (TPSA) is 35.5 Å². The van der Waals surface area contributed by atoms with Crippen molar-refractivity contribution < 1.29 is 5.11 Å². The number of nitrogens with one attached hydrogen (secondary N) is 1. The molecule has 1 rings (SSSR count). The summed E-state index contributed by atoms with van der Waals surface area (Å²) in [6.07, 6.45) is 2.35. The fraction of sp³-hybridized carbons (Fsp3) is 0.625. The summed E-state index contributed by atoms with van der Waals surface area (Å²) in [5.41, 5.74) is 3.87. The van der Waals surface area contributed by atoms with Crippen LogP contribution in [0.5, 0.6) is 0 Å². The normalized spacial score (nSPS) is 10.7. The van der Waals surface area contributed by atoms with Gasteiger partial charge in [-0.2, -0.15) is 0 Å². The van der Waals surface area contributed by atoms with Crippen molar-refractivity contribution in [3.05, 3.63) is 29.3 Å². The van der Waals surface area contributed by atoms with Crippen molar-refractivity contribution in [1.82, 2.24) is 5.32 Å². The molecule has 3 heteroatoms. The third-order valence-electron chi connectivity index (χ3n) is 3.33. The summed E-state index contributed by atoms with van der Waals surface area (Å²) in [7, 11) is 0. The molecule has 0 radical (unpaired) electrons. The predicted molar refractivity (Wildman–Crippen MR) is 82.8 cm³/mol. The molecule has 0 aliphatic carbocycles. The monoisotopic (exact) mass is 264 g/mol. The summed E-state index contributed by atoms with van der Waals surface area (Å²) in [6.45, 7) is 10.3. The lowest BCUT2D eigenvalue weighted by Crippen LogP contribution is -2.28. The van der Waals surface area contributed by atoms with Gasteiger partial charge in [0.2, 0.25) is 0 Å². The van der Waals surface area contributed by atoms with Crippen molar-refractivity contribution in [2.24, 2.45) is 0 Å². The zero-order valence-corrected chi connectivity index (χ0v) is 12.6. The highest BCUT2D eigenvalue weighted by Gasteiger charge is 2.08. The number of anilines is 1. The van der Waals surface area contributed by atoms with Gasteiger partial charge in [0.25, 0.3) is 0 Å². The Morgan fingerprint density at radius 1 is 1.21 bits per heavy atom. The van der Waals surface area contributed by atoms with Gasteiger partial charge in [0.15, 0.2) is 0 Å². The Morgan fingerprint density at radius 3 is 2.58 bits per heavy atom. The highest BCUT2D eigenvalue weighted by atomic mass is 16.3. The lowest BCUT2D eigenvalue weighted by atomic mass is 10.1. The summed E-state index contributed by atoms with van der Waals surface area (Å²) in [4.78, 5) is 2.29. The number of aliphatic hydroxyl groups excluding tert-OH is 1. The molecule has 0 spiro atoms. The number of rotatable bonds is 9. The van der Waals surface area contributed by atoms with Gasteiger partial charge in [-0.15, -0.1) is 0 Å². The molecular formula is C16H28N2O. The Balaban J connectivity index is 2.78. The Morgan fingerprint density at radius 2 is 2.00 bits per heavy atom. The van der Waals surface area contributed by atoms with E-state index in [0.717, 1.165) is 19.6 Å². The Kier molecular flexibility index (Phi) is 7.53. The SMILES string of the molecule is CCCCN(CCO)c1ccc(CNCC)cc1C. The van der Waals surface area contributed by atoms with Gasteiger partial charge in [-0.05, 0) is 37.1 Å². The van der Waals surface area contributed by atoms with Gasteiger partial charge in [-0.3, -0.25) is 0 Å². The summed E-state index contributed by atoms with van der Waals surface area (Å²) < 4.78 is 0. The molecule has 2 N–H and O–H groups in total. The first-order chi connectivity index (χ1) is 9.22. The first-order valence-electron chi connectivity index (χ1n) is 7.39. The fourth-order valence-corrected chi connectivity index (χ4v) is 2.27. The maximum absolute atomic E-state index is 9.21. The van der Waals surface area contributed by atoms with E-state index in [-0.39, 0.29) is 6.61 Å². The van der Waals surface area contributed by atoms with Crippen LogP contribution in [0.4, 0.5) is 5.69 Å². The van der Waals surface area contributed by atoms with Crippen molar-refractivity contribution in [1.29, 1.82) is 0 Å². The zero-order valence-electron chi connectivity index (χ0n) is 12.6. The molecule has 0 amide bonds. The third kappa shape index (κ3) is 5.21. The molecule has 0 saturated heterocycles. The first kappa shape index (κ1) is 16.0. The molecular weight excluding hydrogens is 236 g/mol. The van der Waals surface area contributed by atoms with E-state index in [1.54, 1.807) is 0 Å². The Hall–Kier alpha value is -1.06. The quantitative estimate of drug-likeness (QED) is 0.720. The summed E-state index contributed by atoms with van der Waals surface area (Å²) in [6, 6.07) is 6.61. The Bertz CT molecular complexity index is 366. The summed E-state index contributed by atoms with van der Waals surface area (Å²) >= 11 is 0. The Labute approximate surface area is 117 Å². The van der Waals surface area contributed by atoms with Gasteiger partial charge in [0, 0.05) is 25.3 Å². The number of nitrogens with zero attached hydrogens (tertiary/aromatic N) is 1. The van der Waals surface area contributed by atoms with E-state index in [0.29, 0.717) is 6.54 Å². The number of hydrogen-bond donors (Lipinski definition) is 2. The standard InChI is InChI=1S/C16H28N2O/c1-4-6-9-18(10-11-19)16-8-7-15(12-14(16)3)13-17-5-2/h7-8,12,17,19H,4-6,9-11,13H2,1-3H3. The molecule has 108 valence electrons. The van der Waals surface area contributed by atoms with Gasteiger partial charge in [-0.25, -0.2) is 0 Å². The minimum absolute atomic E-state index is 0.211. The first-order valence-corrected chi connectivity index (χ1v) is 7.39. The van der Waals surface area contributed by atoms with Crippen molar-refractivity contribution in [2.45, 2.75) is 40.2 Å². The second kappa shape index (κ2) is 8.94. The average Bonchev–Trinajstić information content (AvgIpc) is 2.41. The van der Waals surface area contributed by atoms with Crippen LogP contribution in [0.1, 0.15) is 37.8 Å². The number of hydrogen-bond acceptors (Lipinski definition) is 3. The van der Waals surface area contributed by atoms with Crippen LogP contribution in [0.25, 0.3) is 0 Å². The lowest BCUT2D eigenvalue weighted by Gasteiger charge is -2.26. The number of unbranched alkanes of at least 4 members (excludes halogenated alkanes) is 1. The molecule has 1 aromatic carbocycles. The van der Waals surface area contributed by atoms with Crippen LogP contribution in [-0.2, 0) is 6.54 Å². The molecule has 0 bridgehead atoms. The molecule has 0 aromatic heterocycles. The van der Waals surface area contributed by atoms with Gasteiger partial charge >= 0.3 is 0 Å². The van der Waals surface area contributed by atoms with Crippen LogP contribution in [0.2, 0.25) is 0 Å². The molecule has 0 saturated carbocycles. The van der Waals surface area contributed by atoms with Gasteiger partial charge in [0.05, 0.1) is 6.61 Å². The summed E-state index contributed by atoms with van der Waals surface area (Å²) in [5, 5.41) is 12.6. The van der Waals surface area contributed by atoms with Gasteiger partial charge in [0.1, 0.15) is 0 Å². The fourth-order valence-electron chi connectivity index (χ4n) is 2.27. The lowest BCUT2D eigenvalue weighted by molar-refractivity contribution is 0.301. The largest absolute Gasteiger partial charge is 0.395 e. The molecule has 0 unspecified atom stereocenters. The van der Waals surface area contributed by atoms with Crippen LogP contribution in [0, 0.1) is 6.92 Å². The molecule has 1 aromatic rings.